The molecule has 0 radical (unpaired) electrons. The van der Waals surface area contributed by atoms with Crippen LogP contribution >= 0.6 is 0 Å². The molecule has 1 atom stereocenters. The Morgan fingerprint density at radius 1 is 0.929 bits per heavy atom. The van der Waals surface area contributed by atoms with Gasteiger partial charge in [0.15, 0.2) is 9.84 Å². The Kier molecular flexibility index (Phi) is 10.9. The van der Waals surface area contributed by atoms with Gasteiger partial charge in [-0.1, -0.05) is 23.7 Å². The third kappa shape index (κ3) is 7.79. The van der Waals surface area contributed by atoms with E-state index in [1.165, 1.54) is 36.8 Å². The van der Waals surface area contributed by atoms with Crippen LogP contribution in [0.1, 0.15) is 75.7 Å². The zero-order valence-corrected chi connectivity index (χ0v) is 31.9. The normalized spacial score (nSPS) is 22.7. The predicted octanol–water partition coefficient (Wildman–Crippen LogP) is 6.47. The molecular weight excluding hydrogens is 756 g/mol. The van der Waals surface area contributed by atoms with E-state index in [2.05, 4.69) is 15.0 Å². The van der Waals surface area contributed by atoms with Gasteiger partial charge in [-0.2, -0.15) is 18.2 Å². The van der Waals surface area contributed by atoms with Crippen molar-refractivity contribution >= 4 is 21.8 Å². The number of carbonyl (C=O) groups excluding carboxylic acids is 2. The second-order valence-corrected chi connectivity index (χ2v) is 17.5. The highest BCUT2D eigenvalue weighted by Crippen LogP contribution is 2.43. The number of aromatic nitrogens is 2. The fourth-order valence-corrected chi connectivity index (χ4v) is 10.3. The average molecular weight is 802 g/mol. The quantitative estimate of drug-likeness (QED) is 0.186. The van der Waals surface area contributed by atoms with Crippen molar-refractivity contribution in [3.05, 3.63) is 53.9 Å². The molecule has 5 fully saturated rings. The number of urea groups is 1. The van der Waals surface area contributed by atoms with Crippen molar-refractivity contribution in [3.63, 3.8) is 0 Å². The fraction of sp³-hybridized carbons (Fsp3) is 0.590. The van der Waals surface area contributed by atoms with Crippen LogP contribution < -0.4 is 4.74 Å². The molecule has 17 heteroatoms. The molecule has 302 valence electrons. The molecule has 0 bridgehead atoms. The first-order chi connectivity index (χ1) is 26.9. The van der Waals surface area contributed by atoms with E-state index in [4.69, 9.17) is 18.7 Å². The van der Waals surface area contributed by atoms with E-state index in [0.29, 0.717) is 70.7 Å². The molecule has 1 aliphatic carbocycles. The zero-order chi connectivity index (χ0) is 39.1. The van der Waals surface area contributed by atoms with Gasteiger partial charge in [-0.05, 0) is 94.0 Å². The molecule has 5 aliphatic rings. The molecule has 56 heavy (non-hydrogen) atoms. The second-order valence-electron chi connectivity index (χ2n) is 15.5. The summed E-state index contributed by atoms with van der Waals surface area (Å²) in [6, 6.07) is 8.81. The van der Waals surface area contributed by atoms with Crippen LogP contribution in [0.5, 0.6) is 11.5 Å². The number of hydrogen-bond donors (Lipinski definition) is 0. The van der Waals surface area contributed by atoms with Crippen LogP contribution in [-0.2, 0) is 36.8 Å². The monoisotopic (exact) mass is 801 g/mol. The number of halogens is 3. The molecule has 4 saturated heterocycles. The van der Waals surface area contributed by atoms with Crippen LogP contribution in [0.25, 0.3) is 11.4 Å². The Morgan fingerprint density at radius 2 is 1.70 bits per heavy atom. The first-order valence-corrected chi connectivity index (χ1v) is 21.2. The summed E-state index contributed by atoms with van der Waals surface area (Å²) in [6.45, 7) is 3.36. The number of ether oxygens (including phenoxy) is 3. The maximum atomic E-state index is 14.5. The van der Waals surface area contributed by atoms with Crippen LogP contribution in [0.4, 0.5) is 18.0 Å². The molecule has 0 N–H and O–H groups in total. The van der Waals surface area contributed by atoms with Crippen molar-refractivity contribution in [2.75, 3.05) is 45.2 Å². The molecule has 1 saturated carbocycles. The summed E-state index contributed by atoms with van der Waals surface area (Å²) in [7, 11) is -3.96. The van der Waals surface area contributed by atoms with Crippen LogP contribution in [0.3, 0.4) is 0 Å². The van der Waals surface area contributed by atoms with E-state index in [0.717, 1.165) is 55.6 Å². The summed E-state index contributed by atoms with van der Waals surface area (Å²) >= 11 is 0. The van der Waals surface area contributed by atoms with Gasteiger partial charge in [-0.25, -0.2) is 13.2 Å². The second kappa shape index (κ2) is 15.7. The Hall–Kier alpha value is -4.06. The van der Waals surface area contributed by atoms with Gasteiger partial charge >= 0.3 is 12.2 Å². The number of piperidine rings is 1. The van der Waals surface area contributed by atoms with Gasteiger partial charge in [0.05, 0.1) is 17.4 Å². The zero-order valence-electron chi connectivity index (χ0n) is 31.0. The summed E-state index contributed by atoms with van der Waals surface area (Å²) in [5.74, 6) is -1.40. The molecule has 4 aliphatic heterocycles. The number of rotatable bonds is 12. The van der Waals surface area contributed by atoms with Crippen molar-refractivity contribution in [1.29, 1.82) is 0 Å². The topological polar surface area (TPSA) is 145 Å². The number of imide groups is 1. The summed E-state index contributed by atoms with van der Waals surface area (Å²) < 4.78 is 92.2. The highest BCUT2D eigenvalue weighted by molar-refractivity contribution is 7.91. The molecule has 3 amide bonds. The number of nitrogens with zero attached hydrogens (tertiary/aromatic N) is 5. The average Bonchev–Trinajstić information content (AvgIpc) is 3.89. The number of sulfone groups is 1. The Morgan fingerprint density at radius 3 is 2.39 bits per heavy atom. The lowest BCUT2D eigenvalue weighted by Crippen LogP contribution is -2.58. The number of carbonyl (C=O) groups is 2. The number of amides is 3. The predicted molar refractivity (Wildman–Crippen MR) is 194 cm³/mol. The molecule has 13 nitrogen and oxygen atoms in total. The van der Waals surface area contributed by atoms with Gasteiger partial charge in [0.2, 0.25) is 11.7 Å². The van der Waals surface area contributed by atoms with Crippen molar-refractivity contribution in [2.45, 2.75) is 99.5 Å². The van der Waals surface area contributed by atoms with Crippen molar-refractivity contribution in [2.24, 2.45) is 5.92 Å². The standard InChI is InChI=1S/C39H46F3N5O8S/c40-39(41,42)30-23-27(10-11-31(30)54-32-8-1-2-9-33(32)56(50,51)25-29-7-4-20-53-29)35-43-34(55-44-35)24-46-36(48)38(15-18-45(19-16-38)28-5-3-6-28)47(37(46)49)17-12-26-13-21-52-22-14-26/h1-2,8-11,23,26,28-29H,3-7,12-22,24-25H2. The molecule has 3 aromatic rings. The van der Waals surface area contributed by atoms with Gasteiger partial charge in [-0.3, -0.25) is 9.69 Å². The highest BCUT2D eigenvalue weighted by Gasteiger charge is 2.58. The van der Waals surface area contributed by atoms with Crippen LogP contribution in [0, 0.1) is 5.92 Å². The smallest absolute Gasteiger partial charge is 0.420 e. The number of hydrogen-bond acceptors (Lipinski definition) is 11. The van der Waals surface area contributed by atoms with E-state index < -0.39 is 45.0 Å². The molecule has 1 unspecified atom stereocenters. The SMILES string of the molecule is O=C1N(Cc2nc(-c3ccc(Oc4ccccc4S(=O)(=O)CC4CCCO4)c(C(F)(F)F)c3)no2)C(=O)C2(CCN(C3CCC3)CC2)N1CCC1CCOCC1. The first kappa shape index (κ1) is 38.8. The largest absolute Gasteiger partial charge is 0.455 e. The van der Waals surface area contributed by atoms with Crippen molar-refractivity contribution in [3.8, 4) is 22.9 Å². The third-order valence-electron chi connectivity index (χ3n) is 12.1. The molecule has 8 rings (SSSR count). The van der Waals surface area contributed by atoms with Gasteiger partial charge in [0.25, 0.3) is 5.91 Å². The van der Waals surface area contributed by atoms with E-state index in [1.54, 1.807) is 4.90 Å². The number of para-hydroxylation sites is 1. The minimum absolute atomic E-state index is 0.0593. The van der Waals surface area contributed by atoms with Gasteiger partial charge in [0, 0.05) is 51.1 Å². The van der Waals surface area contributed by atoms with Crippen molar-refractivity contribution in [1.82, 2.24) is 24.8 Å². The lowest BCUT2D eigenvalue weighted by molar-refractivity contribution is -0.138. The lowest BCUT2D eigenvalue weighted by atomic mass is 9.82. The van der Waals surface area contributed by atoms with Gasteiger partial charge in [-0.15, -0.1) is 0 Å². The minimum atomic E-state index is -4.91. The Balaban J connectivity index is 1.01. The molecule has 2 aromatic carbocycles. The summed E-state index contributed by atoms with van der Waals surface area (Å²) in [5, 5.41) is 3.91. The maximum absolute atomic E-state index is 14.5. The lowest BCUT2D eigenvalue weighted by Gasteiger charge is -2.47. The van der Waals surface area contributed by atoms with E-state index in [-0.39, 0.29) is 46.1 Å². The molecular formula is C39H46F3N5O8S. The van der Waals surface area contributed by atoms with Crippen LogP contribution in [-0.4, -0.2) is 108 Å². The summed E-state index contributed by atoms with van der Waals surface area (Å²) in [4.78, 5) is 37.7. The van der Waals surface area contributed by atoms with Gasteiger partial charge in [0.1, 0.15) is 28.5 Å². The Labute approximate surface area is 323 Å². The third-order valence-corrected chi connectivity index (χ3v) is 13.9. The van der Waals surface area contributed by atoms with E-state index in [9.17, 15) is 31.2 Å². The first-order valence-electron chi connectivity index (χ1n) is 19.5. The molecule has 5 heterocycles. The van der Waals surface area contributed by atoms with E-state index >= 15 is 0 Å². The van der Waals surface area contributed by atoms with Crippen LogP contribution in [0.15, 0.2) is 51.9 Å². The van der Waals surface area contributed by atoms with Gasteiger partial charge < -0.3 is 28.5 Å². The summed E-state index contributed by atoms with van der Waals surface area (Å²) in [5.41, 5.74) is -2.23. The maximum Gasteiger partial charge on any atom is 0.420 e. The summed E-state index contributed by atoms with van der Waals surface area (Å²) in [6.07, 6.45) is 2.99. The molecule has 1 spiro atoms. The minimum Gasteiger partial charge on any atom is -0.455 e. The van der Waals surface area contributed by atoms with Crippen molar-refractivity contribution < 1.29 is 49.9 Å². The highest BCUT2D eigenvalue weighted by atomic mass is 32.2. The van der Waals surface area contributed by atoms with Crippen LogP contribution in [0.2, 0.25) is 0 Å². The van der Waals surface area contributed by atoms with E-state index in [1.807, 2.05) is 0 Å². The fourth-order valence-electron chi connectivity index (χ4n) is 8.64. The number of likely N-dealkylation sites (tertiary alicyclic amines) is 1. The molecule has 1 aromatic heterocycles. The Bertz CT molecular complexity index is 2020. The number of alkyl halides is 3. The number of benzene rings is 2.